The fourth-order valence-electron chi connectivity index (χ4n) is 2.66. The second kappa shape index (κ2) is 8.12. The van der Waals surface area contributed by atoms with Gasteiger partial charge in [0, 0.05) is 5.56 Å². The average molecular weight is 383 g/mol. The lowest BCUT2D eigenvalue weighted by atomic mass is 9.85. The summed E-state index contributed by atoms with van der Waals surface area (Å²) in [5.74, 6) is -1.34. The topological polar surface area (TPSA) is 61.7 Å². The second-order valence-electron chi connectivity index (χ2n) is 5.78. The van der Waals surface area contributed by atoms with Crippen molar-refractivity contribution in [1.29, 1.82) is 0 Å². The van der Waals surface area contributed by atoms with E-state index in [0.29, 0.717) is 11.1 Å². The van der Waals surface area contributed by atoms with Crippen molar-refractivity contribution >= 4 is 23.7 Å². The SMILES string of the molecule is O=C(N/N=C/c1c(F)cccc1Cl)C(O)(c1ccccc1)c1ccccc1. The van der Waals surface area contributed by atoms with Gasteiger partial charge in [0.25, 0.3) is 5.91 Å². The number of rotatable bonds is 5. The van der Waals surface area contributed by atoms with Crippen molar-refractivity contribution in [3.8, 4) is 0 Å². The molecule has 4 nitrogen and oxygen atoms in total. The number of benzene rings is 3. The molecule has 0 saturated carbocycles. The van der Waals surface area contributed by atoms with Crippen LogP contribution in [0.5, 0.6) is 0 Å². The van der Waals surface area contributed by atoms with Crippen molar-refractivity contribution in [2.24, 2.45) is 5.10 Å². The Hall–Kier alpha value is -3.02. The molecule has 0 fully saturated rings. The molecule has 0 bridgehead atoms. The Labute approximate surface area is 160 Å². The first kappa shape index (κ1) is 18.8. The highest BCUT2D eigenvalue weighted by molar-refractivity contribution is 6.33. The summed E-state index contributed by atoms with van der Waals surface area (Å²) in [6.07, 6.45) is 1.10. The molecule has 0 heterocycles. The molecule has 0 unspecified atom stereocenters. The van der Waals surface area contributed by atoms with Crippen LogP contribution < -0.4 is 5.43 Å². The summed E-state index contributed by atoms with van der Waals surface area (Å²) >= 11 is 5.93. The smallest absolute Gasteiger partial charge is 0.281 e. The minimum atomic E-state index is -1.96. The molecule has 0 aromatic heterocycles. The average Bonchev–Trinajstić information content (AvgIpc) is 2.70. The van der Waals surface area contributed by atoms with E-state index in [9.17, 15) is 14.3 Å². The first-order valence-corrected chi connectivity index (χ1v) is 8.52. The number of carbonyl (C=O) groups excluding carboxylic acids is 1. The number of hydrogen-bond donors (Lipinski definition) is 2. The van der Waals surface area contributed by atoms with Gasteiger partial charge in [-0.05, 0) is 23.3 Å². The normalized spacial score (nSPS) is 11.5. The van der Waals surface area contributed by atoms with E-state index >= 15 is 0 Å². The predicted molar refractivity (Wildman–Crippen MR) is 103 cm³/mol. The van der Waals surface area contributed by atoms with Crippen LogP contribution in [-0.4, -0.2) is 17.2 Å². The fraction of sp³-hybridized carbons (Fsp3) is 0.0476. The van der Waals surface area contributed by atoms with E-state index < -0.39 is 17.3 Å². The Morgan fingerprint density at radius 3 is 2.04 bits per heavy atom. The summed E-state index contributed by atoms with van der Waals surface area (Å²) in [6.45, 7) is 0. The van der Waals surface area contributed by atoms with Crippen molar-refractivity contribution in [2.45, 2.75) is 5.60 Å². The molecule has 3 aromatic carbocycles. The lowest BCUT2D eigenvalue weighted by molar-refractivity contribution is -0.136. The van der Waals surface area contributed by atoms with E-state index in [-0.39, 0.29) is 10.6 Å². The van der Waals surface area contributed by atoms with Gasteiger partial charge in [0.15, 0.2) is 5.60 Å². The lowest BCUT2D eigenvalue weighted by Crippen LogP contribution is -2.43. The van der Waals surface area contributed by atoms with Crippen LogP contribution >= 0.6 is 11.6 Å². The van der Waals surface area contributed by atoms with Gasteiger partial charge in [-0.1, -0.05) is 78.3 Å². The quantitative estimate of drug-likeness (QED) is 0.520. The van der Waals surface area contributed by atoms with Gasteiger partial charge in [-0.25, -0.2) is 9.82 Å². The van der Waals surface area contributed by atoms with Crippen molar-refractivity contribution in [3.63, 3.8) is 0 Å². The molecule has 1 amide bonds. The molecule has 27 heavy (non-hydrogen) atoms. The number of nitrogens with zero attached hydrogens (tertiary/aromatic N) is 1. The minimum absolute atomic E-state index is 0.0439. The maximum Gasteiger partial charge on any atom is 0.281 e. The summed E-state index contributed by atoms with van der Waals surface area (Å²) < 4.78 is 13.8. The van der Waals surface area contributed by atoms with Gasteiger partial charge in [-0.15, -0.1) is 0 Å². The molecule has 0 saturated heterocycles. The molecule has 0 atom stereocenters. The zero-order valence-corrected chi connectivity index (χ0v) is 14.9. The Morgan fingerprint density at radius 1 is 0.963 bits per heavy atom. The lowest BCUT2D eigenvalue weighted by Gasteiger charge is -2.27. The molecule has 2 N–H and O–H groups in total. The van der Waals surface area contributed by atoms with Gasteiger partial charge in [0.1, 0.15) is 5.82 Å². The number of hydrogen-bond acceptors (Lipinski definition) is 3. The zero-order chi connectivity index (χ0) is 19.3. The van der Waals surface area contributed by atoms with E-state index in [1.165, 1.54) is 18.2 Å². The van der Waals surface area contributed by atoms with Gasteiger partial charge in [-0.3, -0.25) is 4.79 Å². The highest BCUT2D eigenvalue weighted by Gasteiger charge is 2.39. The molecule has 0 aliphatic rings. The minimum Gasteiger partial charge on any atom is -0.372 e. The van der Waals surface area contributed by atoms with Crippen LogP contribution in [0.4, 0.5) is 4.39 Å². The van der Waals surface area contributed by atoms with Gasteiger partial charge >= 0.3 is 0 Å². The van der Waals surface area contributed by atoms with Crippen LogP contribution in [0.25, 0.3) is 0 Å². The maximum absolute atomic E-state index is 13.8. The third kappa shape index (κ3) is 3.89. The Bertz CT molecular complexity index is 903. The highest BCUT2D eigenvalue weighted by atomic mass is 35.5. The summed E-state index contributed by atoms with van der Waals surface area (Å²) in [7, 11) is 0. The molecular formula is C21H16ClFN2O2. The van der Waals surface area contributed by atoms with Gasteiger partial charge in [0.2, 0.25) is 0 Å². The largest absolute Gasteiger partial charge is 0.372 e. The van der Waals surface area contributed by atoms with E-state index in [4.69, 9.17) is 11.6 Å². The third-order valence-electron chi connectivity index (χ3n) is 4.07. The molecule has 0 spiro atoms. The van der Waals surface area contributed by atoms with Crippen molar-refractivity contribution in [1.82, 2.24) is 5.43 Å². The number of aliphatic hydroxyl groups is 1. The number of carbonyl (C=O) groups is 1. The molecular weight excluding hydrogens is 367 g/mol. The molecule has 3 aromatic rings. The Morgan fingerprint density at radius 2 is 1.52 bits per heavy atom. The molecule has 136 valence electrons. The van der Waals surface area contributed by atoms with Crippen molar-refractivity contribution in [2.75, 3.05) is 0 Å². The standard InChI is InChI=1S/C21H16ClFN2O2/c22-18-12-7-13-19(23)17(18)14-24-25-20(26)21(27,15-8-3-1-4-9-15)16-10-5-2-6-11-16/h1-14,27H,(H,25,26)/b24-14+. The summed E-state index contributed by atoms with van der Waals surface area (Å²) in [5, 5.41) is 15.2. The number of halogens is 2. The number of nitrogens with one attached hydrogen (secondary N) is 1. The van der Waals surface area contributed by atoms with E-state index in [0.717, 1.165) is 6.21 Å². The Kier molecular flexibility index (Phi) is 5.64. The molecule has 0 aliphatic heterocycles. The van der Waals surface area contributed by atoms with Gasteiger partial charge in [-0.2, -0.15) is 5.10 Å². The first-order chi connectivity index (χ1) is 13.0. The van der Waals surface area contributed by atoms with Crippen LogP contribution in [0.1, 0.15) is 16.7 Å². The Balaban J connectivity index is 1.92. The zero-order valence-electron chi connectivity index (χ0n) is 14.1. The summed E-state index contributed by atoms with van der Waals surface area (Å²) in [6, 6.07) is 21.2. The monoisotopic (exact) mass is 382 g/mol. The second-order valence-corrected chi connectivity index (χ2v) is 6.18. The summed E-state index contributed by atoms with van der Waals surface area (Å²) in [4.78, 5) is 12.8. The van der Waals surface area contributed by atoms with Gasteiger partial charge in [0.05, 0.1) is 11.2 Å². The van der Waals surface area contributed by atoms with Crippen LogP contribution in [-0.2, 0) is 10.4 Å². The third-order valence-corrected chi connectivity index (χ3v) is 4.40. The van der Waals surface area contributed by atoms with Crippen LogP contribution in [0.3, 0.4) is 0 Å². The van der Waals surface area contributed by atoms with Crippen LogP contribution in [0, 0.1) is 5.82 Å². The maximum atomic E-state index is 13.8. The van der Waals surface area contributed by atoms with Crippen LogP contribution in [0.2, 0.25) is 5.02 Å². The molecule has 6 heteroatoms. The molecule has 3 rings (SSSR count). The fourth-order valence-corrected chi connectivity index (χ4v) is 2.87. The molecule has 0 aliphatic carbocycles. The van der Waals surface area contributed by atoms with E-state index in [1.807, 2.05) is 0 Å². The van der Waals surface area contributed by atoms with Crippen LogP contribution in [0.15, 0.2) is 84.0 Å². The van der Waals surface area contributed by atoms with E-state index in [1.54, 1.807) is 60.7 Å². The first-order valence-electron chi connectivity index (χ1n) is 8.14. The number of hydrazone groups is 1. The van der Waals surface area contributed by atoms with Gasteiger partial charge < -0.3 is 5.11 Å². The summed E-state index contributed by atoms with van der Waals surface area (Å²) in [5.41, 5.74) is 1.13. The predicted octanol–water partition coefficient (Wildman–Crippen LogP) is 3.87. The van der Waals surface area contributed by atoms with Crippen molar-refractivity contribution < 1.29 is 14.3 Å². The molecule has 0 radical (unpaired) electrons. The van der Waals surface area contributed by atoms with Crippen molar-refractivity contribution in [3.05, 3.63) is 106 Å². The van der Waals surface area contributed by atoms with E-state index in [2.05, 4.69) is 10.5 Å². The number of amides is 1. The highest BCUT2D eigenvalue weighted by Crippen LogP contribution is 2.29.